The third kappa shape index (κ3) is 3.94. The Morgan fingerprint density at radius 3 is 1.25 bits per heavy atom. The minimum Gasteiger partial charge on any atom is -0.744 e. The molecule has 2 aromatic carbocycles. The molecule has 28 heavy (non-hydrogen) atoms. The number of aromatic hydroxyl groups is 2. The van der Waals surface area contributed by atoms with Crippen molar-refractivity contribution in [3.63, 3.8) is 0 Å². The van der Waals surface area contributed by atoms with Gasteiger partial charge in [-0.1, -0.05) is 0 Å². The molecular weight excluding hydrogens is 438 g/mol. The third-order valence-electron chi connectivity index (χ3n) is 3.76. The van der Waals surface area contributed by atoms with E-state index in [1.807, 2.05) is 0 Å². The molecule has 0 saturated carbocycles. The Balaban J connectivity index is 0.00000196. The van der Waals surface area contributed by atoms with E-state index in [4.69, 9.17) is 0 Å². The van der Waals surface area contributed by atoms with Crippen molar-refractivity contribution in [1.29, 1.82) is 0 Å². The van der Waals surface area contributed by atoms with E-state index in [0.717, 1.165) is 12.1 Å². The van der Waals surface area contributed by atoms with E-state index in [1.165, 1.54) is 0 Å². The van der Waals surface area contributed by atoms with Gasteiger partial charge in [0, 0.05) is 11.1 Å². The van der Waals surface area contributed by atoms with Gasteiger partial charge in [0.05, 0.1) is 20.9 Å². The van der Waals surface area contributed by atoms with Crippen molar-refractivity contribution < 1.29 is 105 Å². The van der Waals surface area contributed by atoms with Crippen molar-refractivity contribution in [2.24, 2.45) is 0 Å². The average molecular weight is 444 g/mol. The number of hydrogen-bond acceptors (Lipinski definition) is 10. The van der Waals surface area contributed by atoms with Crippen molar-refractivity contribution in [3.8, 4) is 11.5 Å². The maximum absolute atomic E-state index is 12.6. The number of benzene rings is 2. The Hall–Kier alpha value is -0.800. The standard InChI is InChI=1S/C14H8O10S2.2Na/c15-11-5-1-3-7(25(19,20)21)12(16)9(5)14(18)10-6(11)2-4-8(13(10)17)26(22,23)24;;/h1-4,16-17H,(H,19,20,21)(H,22,23,24);;/q;2*+1/p-2. The summed E-state index contributed by atoms with van der Waals surface area (Å²) in [5.74, 6) is -4.89. The monoisotopic (exact) mass is 444 g/mol. The molecule has 10 nitrogen and oxygen atoms in total. The molecule has 0 aromatic heterocycles. The molecule has 2 N–H and O–H groups in total. The van der Waals surface area contributed by atoms with Crippen LogP contribution in [0, 0.1) is 0 Å². The first-order chi connectivity index (χ1) is 11.9. The number of phenolic OH excluding ortho intramolecular Hbond substituents is 2. The Morgan fingerprint density at radius 1 is 0.643 bits per heavy atom. The second-order valence-electron chi connectivity index (χ2n) is 5.24. The van der Waals surface area contributed by atoms with Gasteiger partial charge in [-0.25, -0.2) is 16.8 Å². The van der Waals surface area contributed by atoms with Crippen molar-refractivity contribution >= 4 is 31.8 Å². The topological polar surface area (TPSA) is 189 Å². The van der Waals surface area contributed by atoms with E-state index in [9.17, 15) is 45.7 Å². The zero-order valence-electron chi connectivity index (χ0n) is 14.3. The summed E-state index contributed by atoms with van der Waals surface area (Å²) in [7, 11) is -10.4. The number of phenols is 2. The van der Waals surface area contributed by atoms with Crippen LogP contribution in [0.25, 0.3) is 0 Å². The van der Waals surface area contributed by atoms with Gasteiger partial charge in [-0.2, -0.15) is 0 Å². The molecular formula is C14H6Na2O10S2. The van der Waals surface area contributed by atoms with Gasteiger partial charge in [-0.3, -0.25) is 9.59 Å². The number of carbonyl (C=O) groups is 2. The molecule has 3 rings (SSSR count). The maximum Gasteiger partial charge on any atom is 1.00 e. The van der Waals surface area contributed by atoms with E-state index >= 15 is 0 Å². The molecule has 0 aliphatic heterocycles. The first-order valence-corrected chi connectivity index (χ1v) is 9.40. The number of carbonyl (C=O) groups excluding carboxylic acids is 2. The zero-order valence-corrected chi connectivity index (χ0v) is 19.9. The van der Waals surface area contributed by atoms with Gasteiger partial charge in [-0.15, -0.1) is 0 Å². The fourth-order valence-electron chi connectivity index (χ4n) is 2.66. The van der Waals surface area contributed by atoms with Gasteiger partial charge < -0.3 is 19.3 Å². The molecule has 0 amide bonds. The van der Waals surface area contributed by atoms with E-state index in [-0.39, 0.29) is 59.1 Å². The van der Waals surface area contributed by atoms with Crippen LogP contribution in [0.4, 0.5) is 0 Å². The quantitative estimate of drug-likeness (QED) is 0.284. The molecule has 2 aromatic rings. The summed E-state index contributed by atoms with van der Waals surface area (Å²) in [5, 5.41) is 20.0. The SMILES string of the molecule is O=C1c2ccc(S(=O)(=O)[O-])c(O)c2C(=O)c2c1ccc(S(=O)(=O)[O-])c2O.[Na+].[Na+]. The summed E-state index contributed by atoms with van der Waals surface area (Å²) >= 11 is 0. The molecule has 0 spiro atoms. The number of fused-ring (bicyclic) bond motifs is 2. The van der Waals surface area contributed by atoms with Gasteiger partial charge in [0.1, 0.15) is 31.7 Å². The first-order valence-electron chi connectivity index (χ1n) is 6.59. The van der Waals surface area contributed by atoms with Gasteiger partial charge in [0.2, 0.25) is 5.78 Å². The molecule has 1 aliphatic rings. The van der Waals surface area contributed by atoms with Crippen LogP contribution in [-0.2, 0) is 20.2 Å². The molecule has 0 atom stereocenters. The average Bonchev–Trinajstić information content (AvgIpc) is 2.49. The van der Waals surface area contributed by atoms with E-state index < -0.39 is 75.3 Å². The summed E-state index contributed by atoms with van der Waals surface area (Å²) in [5.41, 5.74) is -2.69. The molecule has 0 heterocycles. The van der Waals surface area contributed by atoms with Crippen molar-refractivity contribution in [2.75, 3.05) is 0 Å². The molecule has 0 bridgehead atoms. The Bertz CT molecular complexity index is 1140. The molecule has 0 saturated heterocycles. The van der Waals surface area contributed by atoms with Crippen LogP contribution in [0.15, 0.2) is 34.1 Å². The maximum atomic E-state index is 12.6. The van der Waals surface area contributed by atoms with Crippen LogP contribution >= 0.6 is 0 Å². The molecule has 14 heteroatoms. The summed E-state index contributed by atoms with van der Waals surface area (Å²) in [6.07, 6.45) is 0. The van der Waals surface area contributed by atoms with E-state index in [2.05, 4.69) is 0 Å². The Kier molecular flexibility index (Phi) is 7.34. The number of hydrogen-bond donors (Lipinski definition) is 2. The van der Waals surface area contributed by atoms with Crippen LogP contribution in [0.2, 0.25) is 0 Å². The predicted molar refractivity (Wildman–Crippen MR) is 79.0 cm³/mol. The molecule has 0 radical (unpaired) electrons. The molecule has 0 unspecified atom stereocenters. The van der Waals surface area contributed by atoms with E-state index in [1.54, 1.807) is 0 Å². The molecule has 1 aliphatic carbocycles. The zero-order chi connectivity index (χ0) is 19.6. The van der Waals surface area contributed by atoms with Gasteiger partial charge in [0.15, 0.2) is 5.78 Å². The van der Waals surface area contributed by atoms with Crippen molar-refractivity contribution in [1.82, 2.24) is 0 Å². The van der Waals surface area contributed by atoms with Crippen molar-refractivity contribution in [3.05, 3.63) is 46.5 Å². The first kappa shape index (κ1) is 25.2. The molecule has 136 valence electrons. The van der Waals surface area contributed by atoms with Gasteiger partial charge in [-0.05, 0) is 24.3 Å². The Labute approximate surface area is 202 Å². The van der Waals surface area contributed by atoms with Crippen LogP contribution in [0.5, 0.6) is 11.5 Å². The van der Waals surface area contributed by atoms with Gasteiger partial charge >= 0.3 is 59.1 Å². The minimum atomic E-state index is -5.20. The van der Waals surface area contributed by atoms with E-state index in [0.29, 0.717) is 12.1 Å². The fourth-order valence-corrected chi connectivity index (χ4v) is 3.80. The van der Waals surface area contributed by atoms with Crippen LogP contribution in [0.3, 0.4) is 0 Å². The van der Waals surface area contributed by atoms with Crippen LogP contribution in [-0.4, -0.2) is 47.7 Å². The van der Waals surface area contributed by atoms with Crippen molar-refractivity contribution in [2.45, 2.75) is 9.79 Å². The van der Waals surface area contributed by atoms with Gasteiger partial charge in [0.25, 0.3) is 0 Å². The third-order valence-corrected chi connectivity index (χ3v) is 5.50. The van der Waals surface area contributed by atoms with Crippen LogP contribution < -0.4 is 59.1 Å². The Morgan fingerprint density at radius 2 is 0.964 bits per heavy atom. The summed E-state index contributed by atoms with van der Waals surface area (Å²) in [6, 6.07) is 2.95. The largest absolute Gasteiger partial charge is 1.00 e. The minimum absolute atomic E-state index is 0. The second-order valence-corrected chi connectivity index (χ2v) is 7.93. The number of ketones is 2. The number of rotatable bonds is 2. The summed E-state index contributed by atoms with van der Waals surface area (Å²) in [6.45, 7) is 0. The fraction of sp³-hybridized carbons (Fsp3) is 0. The second kappa shape index (κ2) is 8.14. The summed E-state index contributed by atoms with van der Waals surface area (Å²) in [4.78, 5) is 22.7. The smallest absolute Gasteiger partial charge is 0.744 e. The normalized spacial score (nSPS) is 13.1. The summed E-state index contributed by atoms with van der Waals surface area (Å²) < 4.78 is 66.9. The molecule has 0 fully saturated rings. The predicted octanol–water partition coefficient (Wildman–Crippen LogP) is -6.31. The van der Waals surface area contributed by atoms with Crippen LogP contribution in [0.1, 0.15) is 31.8 Å².